The van der Waals surface area contributed by atoms with Gasteiger partial charge in [0.25, 0.3) is 5.91 Å². The fraction of sp³-hybridized carbons (Fsp3) is 0.269. The minimum Gasteiger partial charge on any atom is -0.497 e. The van der Waals surface area contributed by atoms with Gasteiger partial charge in [0.1, 0.15) is 5.75 Å². The monoisotopic (exact) mass is 456 g/mol. The summed E-state index contributed by atoms with van der Waals surface area (Å²) in [6.07, 6.45) is 2.51. The molecule has 0 saturated carbocycles. The summed E-state index contributed by atoms with van der Waals surface area (Å²) in [5, 5.41) is 10.9. The molecule has 0 spiro atoms. The molecule has 1 amide bonds. The predicted octanol–water partition coefficient (Wildman–Crippen LogP) is 3.97. The van der Waals surface area contributed by atoms with Gasteiger partial charge in [0, 0.05) is 29.9 Å². The lowest BCUT2D eigenvalue weighted by molar-refractivity contribution is 0.0950. The molecule has 0 bridgehead atoms. The van der Waals surface area contributed by atoms with Crippen molar-refractivity contribution in [2.75, 3.05) is 38.6 Å². The number of likely N-dealkylation sites (tertiary alicyclic amines) is 1. The third-order valence-corrected chi connectivity index (χ3v) is 6.06. The number of pyridine rings is 1. The number of amides is 1. The van der Waals surface area contributed by atoms with Gasteiger partial charge in [0.2, 0.25) is 5.95 Å². The zero-order chi connectivity index (χ0) is 23.3. The zero-order valence-corrected chi connectivity index (χ0v) is 19.2. The minimum absolute atomic E-state index is 0.0549. The van der Waals surface area contributed by atoms with Gasteiger partial charge in [-0.1, -0.05) is 6.07 Å². The molecule has 2 N–H and O–H groups in total. The molecule has 4 aromatic rings. The Hall–Kier alpha value is -3.91. The summed E-state index contributed by atoms with van der Waals surface area (Å²) in [4.78, 5) is 19.4. The van der Waals surface area contributed by atoms with E-state index >= 15 is 0 Å². The fourth-order valence-corrected chi connectivity index (χ4v) is 4.21. The van der Waals surface area contributed by atoms with Crippen molar-refractivity contribution in [2.45, 2.75) is 12.8 Å². The first-order valence-electron chi connectivity index (χ1n) is 11.6. The second-order valence-corrected chi connectivity index (χ2v) is 8.35. The Morgan fingerprint density at radius 1 is 1.00 bits per heavy atom. The molecule has 0 atom stereocenters. The number of aromatic nitrogens is 3. The van der Waals surface area contributed by atoms with Gasteiger partial charge in [-0.15, -0.1) is 5.10 Å². The van der Waals surface area contributed by atoms with Crippen molar-refractivity contribution in [2.24, 2.45) is 0 Å². The number of carbonyl (C=O) groups excluding carboxylic acids is 1. The van der Waals surface area contributed by atoms with Gasteiger partial charge in [0.15, 0.2) is 5.65 Å². The van der Waals surface area contributed by atoms with E-state index in [1.807, 2.05) is 71.2 Å². The van der Waals surface area contributed by atoms with E-state index in [-0.39, 0.29) is 5.91 Å². The quantitative estimate of drug-likeness (QED) is 0.417. The standard InChI is InChI=1S/C26H28N6O2/c1-34-22-13-9-19(10-14-22)23-5-4-6-24-29-26(30-32(23)24)28-21-11-7-20(8-12-21)25(33)27-15-18-31-16-2-3-17-31/h4-14H,2-3,15-18H2,1H3,(H,27,33)(H,28,30). The zero-order valence-electron chi connectivity index (χ0n) is 19.2. The maximum atomic E-state index is 12.4. The summed E-state index contributed by atoms with van der Waals surface area (Å²) in [6, 6.07) is 21.1. The van der Waals surface area contributed by atoms with Gasteiger partial charge in [-0.05, 0) is 86.6 Å². The Morgan fingerprint density at radius 3 is 2.50 bits per heavy atom. The molecule has 2 aromatic heterocycles. The first-order chi connectivity index (χ1) is 16.7. The Labute approximate surface area is 198 Å². The van der Waals surface area contributed by atoms with Crippen LogP contribution in [-0.4, -0.2) is 58.7 Å². The summed E-state index contributed by atoms with van der Waals surface area (Å²) in [5.41, 5.74) is 4.14. The lowest BCUT2D eigenvalue weighted by Crippen LogP contribution is -2.33. The second-order valence-electron chi connectivity index (χ2n) is 8.35. The maximum Gasteiger partial charge on any atom is 0.251 e. The SMILES string of the molecule is COc1ccc(-c2cccc3nc(Nc4ccc(C(=O)NCCN5CCCC5)cc4)nn23)cc1. The predicted molar refractivity (Wildman–Crippen MR) is 133 cm³/mol. The van der Waals surface area contributed by atoms with Crippen LogP contribution in [0.1, 0.15) is 23.2 Å². The van der Waals surface area contributed by atoms with Crippen LogP contribution in [0.15, 0.2) is 66.7 Å². The van der Waals surface area contributed by atoms with E-state index in [2.05, 4.69) is 25.6 Å². The Balaban J connectivity index is 1.25. The molecule has 8 nitrogen and oxygen atoms in total. The third-order valence-electron chi connectivity index (χ3n) is 6.06. The molecule has 0 radical (unpaired) electrons. The van der Waals surface area contributed by atoms with Crippen molar-refractivity contribution in [3.05, 3.63) is 72.3 Å². The van der Waals surface area contributed by atoms with E-state index in [9.17, 15) is 4.79 Å². The van der Waals surface area contributed by atoms with Crippen molar-refractivity contribution in [1.82, 2.24) is 24.8 Å². The summed E-state index contributed by atoms with van der Waals surface area (Å²) in [5.74, 6) is 1.24. The van der Waals surface area contributed by atoms with Gasteiger partial charge >= 0.3 is 0 Å². The number of nitrogens with one attached hydrogen (secondary N) is 2. The average Bonchev–Trinajstić information content (AvgIpc) is 3.54. The molecule has 8 heteroatoms. The van der Waals surface area contributed by atoms with Crippen molar-refractivity contribution in [3.63, 3.8) is 0 Å². The molecular formula is C26H28N6O2. The van der Waals surface area contributed by atoms with Crippen molar-refractivity contribution in [1.29, 1.82) is 0 Å². The van der Waals surface area contributed by atoms with Crippen LogP contribution in [0.5, 0.6) is 5.75 Å². The summed E-state index contributed by atoms with van der Waals surface area (Å²) in [7, 11) is 1.65. The average molecular weight is 457 g/mol. The number of rotatable bonds is 8. The molecule has 0 aliphatic carbocycles. The molecule has 1 fully saturated rings. The molecule has 1 saturated heterocycles. The molecule has 174 valence electrons. The molecule has 1 aliphatic heterocycles. The lowest BCUT2D eigenvalue weighted by atomic mass is 10.1. The van der Waals surface area contributed by atoms with Crippen LogP contribution in [0.3, 0.4) is 0 Å². The minimum atomic E-state index is -0.0549. The van der Waals surface area contributed by atoms with Crippen LogP contribution >= 0.6 is 0 Å². The number of hydrogen-bond donors (Lipinski definition) is 2. The number of carbonyl (C=O) groups is 1. The normalized spacial score (nSPS) is 13.8. The Bertz CT molecular complexity index is 1260. The first kappa shape index (κ1) is 21.9. The van der Waals surface area contributed by atoms with E-state index in [1.54, 1.807) is 7.11 Å². The largest absolute Gasteiger partial charge is 0.497 e. The van der Waals surface area contributed by atoms with Crippen LogP contribution in [-0.2, 0) is 0 Å². The topological polar surface area (TPSA) is 83.8 Å². The van der Waals surface area contributed by atoms with Crippen molar-refractivity contribution in [3.8, 4) is 17.0 Å². The summed E-state index contributed by atoms with van der Waals surface area (Å²) < 4.78 is 7.07. The van der Waals surface area contributed by atoms with Gasteiger partial charge in [0.05, 0.1) is 12.8 Å². The van der Waals surface area contributed by atoms with Gasteiger partial charge in [-0.3, -0.25) is 4.79 Å². The van der Waals surface area contributed by atoms with Crippen molar-refractivity contribution >= 4 is 23.2 Å². The lowest BCUT2D eigenvalue weighted by Gasteiger charge is -2.14. The molecular weight excluding hydrogens is 428 g/mol. The Kier molecular flexibility index (Phi) is 6.40. The van der Waals surface area contributed by atoms with Crippen LogP contribution in [0.2, 0.25) is 0 Å². The fourth-order valence-electron chi connectivity index (χ4n) is 4.21. The van der Waals surface area contributed by atoms with E-state index < -0.39 is 0 Å². The maximum absolute atomic E-state index is 12.4. The smallest absolute Gasteiger partial charge is 0.251 e. The van der Waals surface area contributed by atoms with E-state index in [0.717, 1.165) is 48.0 Å². The number of methoxy groups -OCH3 is 1. The summed E-state index contributed by atoms with van der Waals surface area (Å²) >= 11 is 0. The molecule has 34 heavy (non-hydrogen) atoms. The van der Waals surface area contributed by atoms with Crippen LogP contribution in [0.25, 0.3) is 16.9 Å². The highest BCUT2D eigenvalue weighted by Gasteiger charge is 2.13. The summed E-state index contributed by atoms with van der Waals surface area (Å²) in [6.45, 7) is 3.84. The van der Waals surface area contributed by atoms with Crippen molar-refractivity contribution < 1.29 is 9.53 Å². The van der Waals surface area contributed by atoms with E-state index in [0.29, 0.717) is 18.1 Å². The van der Waals surface area contributed by atoms with Crippen LogP contribution in [0.4, 0.5) is 11.6 Å². The van der Waals surface area contributed by atoms with E-state index in [4.69, 9.17) is 4.74 Å². The molecule has 3 heterocycles. The highest BCUT2D eigenvalue weighted by molar-refractivity contribution is 5.94. The molecule has 1 aliphatic rings. The molecule has 2 aromatic carbocycles. The first-order valence-corrected chi connectivity index (χ1v) is 11.6. The van der Waals surface area contributed by atoms with Gasteiger partial charge < -0.3 is 20.3 Å². The highest BCUT2D eigenvalue weighted by atomic mass is 16.5. The van der Waals surface area contributed by atoms with Gasteiger partial charge in [-0.2, -0.15) is 4.98 Å². The number of fused-ring (bicyclic) bond motifs is 1. The number of hydrogen-bond acceptors (Lipinski definition) is 6. The van der Waals surface area contributed by atoms with Gasteiger partial charge in [-0.25, -0.2) is 4.52 Å². The number of ether oxygens (including phenoxy) is 1. The molecule has 0 unspecified atom stereocenters. The Morgan fingerprint density at radius 2 is 1.76 bits per heavy atom. The third kappa shape index (κ3) is 4.87. The number of nitrogens with zero attached hydrogens (tertiary/aromatic N) is 4. The number of benzene rings is 2. The second kappa shape index (κ2) is 9.93. The highest BCUT2D eigenvalue weighted by Crippen LogP contribution is 2.24. The van der Waals surface area contributed by atoms with Crippen LogP contribution < -0.4 is 15.4 Å². The van der Waals surface area contributed by atoms with E-state index in [1.165, 1.54) is 12.8 Å². The van der Waals surface area contributed by atoms with Crippen LogP contribution in [0, 0.1) is 0 Å². The number of anilines is 2. The molecule has 5 rings (SSSR count).